The fourth-order valence-electron chi connectivity index (χ4n) is 8.51. The van der Waals surface area contributed by atoms with E-state index in [0.717, 1.165) is 32.1 Å². The third-order valence-corrected chi connectivity index (χ3v) is 12.6. The zero-order valence-electron chi connectivity index (χ0n) is 41.3. The number of carbonyl (C=O) groups is 2. The molecule has 60 heavy (non-hydrogen) atoms. The molecule has 0 unspecified atom stereocenters. The highest BCUT2D eigenvalue weighted by Gasteiger charge is 2.17. The summed E-state index contributed by atoms with van der Waals surface area (Å²) in [6, 6.07) is 0. The zero-order chi connectivity index (χ0) is 43.5. The van der Waals surface area contributed by atoms with Gasteiger partial charge in [0.1, 0.15) is 6.61 Å². The zero-order valence-corrected chi connectivity index (χ0v) is 41.3. The van der Waals surface area contributed by atoms with Gasteiger partial charge in [0.25, 0.3) is 0 Å². The third kappa shape index (κ3) is 49.6. The van der Waals surface area contributed by atoms with E-state index in [1.54, 1.807) is 0 Å². The standard InChI is InChI=1S/C55H108O5/c1-4-7-10-13-16-19-22-25-27-29-32-35-38-41-44-47-50-58-51-53(52-59-54(56)48-45-42-39-36-33-30-24-21-18-15-12-9-6-3)60-55(57)49-46-43-40-37-34-31-28-26-23-20-17-14-11-8-5-2/h53H,4-52H2,1-3H3/t53-/m1/s1. The maximum Gasteiger partial charge on any atom is 0.306 e. The lowest BCUT2D eigenvalue weighted by Crippen LogP contribution is -2.30. The van der Waals surface area contributed by atoms with Gasteiger partial charge in [-0.15, -0.1) is 0 Å². The molecule has 0 aromatic rings. The molecular weight excluding hydrogens is 741 g/mol. The van der Waals surface area contributed by atoms with Gasteiger partial charge in [0.2, 0.25) is 0 Å². The third-order valence-electron chi connectivity index (χ3n) is 12.6. The van der Waals surface area contributed by atoms with Crippen molar-refractivity contribution in [2.24, 2.45) is 0 Å². The first-order chi connectivity index (χ1) is 29.6. The summed E-state index contributed by atoms with van der Waals surface area (Å²) in [6.07, 6.45) is 58.2. The van der Waals surface area contributed by atoms with Gasteiger partial charge < -0.3 is 14.2 Å². The maximum atomic E-state index is 12.8. The van der Waals surface area contributed by atoms with Crippen LogP contribution in [-0.2, 0) is 23.8 Å². The summed E-state index contributed by atoms with van der Waals surface area (Å²) >= 11 is 0. The van der Waals surface area contributed by atoms with Crippen LogP contribution in [0.4, 0.5) is 0 Å². The molecule has 5 nitrogen and oxygen atoms in total. The normalized spacial score (nSPS) is 12.0. The summed E-state index contributed by atoms with van der Waals surface area (Å²) in [6.45, 7) is 7.92. The molecule has 0 aromatic carbocycles. The summed E-state index contributed by atoms with van der Waals surface area (Å²) in [4.78, 5) is 25.4. The van der Waals surface area contributed by atoms with Crippen molar-refractivity contribution in [1.29, 1.82) is 0 Å². The van der Waals surface area contributed by atoms with Crippen molar-refractivity contribution < 1.29 is 23.8 Å². The molecule has 0 saturated carbocycles. The van der Waals surface area contributed by atoms with Crippen molar-refractivity contribution in [1.82, 2.24) is 0 Å². The van der Waals surface area contributed by atoms with Crippen molar-refractivity contribution in [2.75, 3.05) is 19.8 Å². The Morgan fingerprint density at radius 2 is 0.550 bits per heavy atom. The van der Waals surface area contributed by atoms with E-state index in [2.05, 4.69) is 20.8 Å². The van der Waals surface area contributed by atoms with Crippen LogP contribution in [0.2, 0.25) is 0 Å². The molecule has 0 heterocycles. The number of hydrogen-bond acceptors (Lipinski definition) is 5. The van der Waals surface area contributed by atoms with Crippen molar-refractivity contribution in [3.63, 3.8) is 0 Å². The quantitative estimate of drug-likeness (QED) is 0.0451. The second-order valence-corrected chi connectivity index (χ2v) is 18.9. The number of carbonyl (C=O) groups excluding carboxylic acids is 2. The van der Waals surface area contributed by atoms with E-state index in [4.69, 9.17) is 14.2 Å². The first-order valence-electron chi connectivity index (χ1n) is 27.6. The predicted molar refractivity (Wildman–Crippen MR) is 261 cm³/mol. The fraction of sp³-hybridized carbons (Fsp3) is 0.964. The monoisotopic (exact) mass is 849 g/mol. The molecule has 0 bridgehead atoms. The van der Waals surface area contributed by atoms with Gasteiger partial charge in [-0.25, -0.2) is 0 Å². The van der Waals surface area contributed by atoms with Crippen LogP contribution in [0, 0.1) is 0 Å². The molecule has 1 atom stereocenters. The molecule has 0 amide bonds. The second kappa shape index (κ2) is 52.2. The van der Waals surface area contributed by atoms with E-state index in [9.17, 15) is 9.59 Å². The van der Waals surface area contributed by atoms with Crippen LogP contribution < -0.4 is 0 Å². The lowest BCUT2D eigenvalue weighted by atomic mass is 10.0. The molecule has 5 heteroatoms. The van der Waals surface area contributed by atoms with Gasteiger partial charge in [0, 0.05) is 19.4 Å². The van der Waals surface area contributed by atoms with Gasteiger partial charge in [-0.2, -0.15) is 0 Å². The SMILES string of the molecule is CCCCCCCCCCCCCCCCCCOC[C@H](COC(=O)CCCCCCCCCCCCCCC)OC(=O)CCCCCCCCCCCCCCCCC. The Morgan fingerprint density at radius 3 is 0.850 bits per heavy atom. The van der Waals surface area contributed by atoms with Gasteiger partial charge in [-0.05, 0) is 19.3 Å². The summed E-state index contributed by atoms with van der Waals surface area (Å²) < 4.78 is 17.5. The highest BCUT2D eigenvalue weighted by molar-refractivity contribution is 5.70. The number of esters is 2. The van der Waals surface area contributed by atoms with Gasteiger partial charge >= 0.3 is 11.9 Å². The molecule has 0 aliphatic rings. The Hall–Kier alpha value is -1.10. The number of rotatable bonds is 52. The van der Waals surface area contributed by atoms with E-state index in [-0.39, 0.29) is 18.5 Å². The van der Waals surface area contributed by atoms with Crippen LogP contribution >= 0.6 is 0 Å². The molecule has 0 aliphatic heterocycles. The van der Waals surface area contributed by atoms with E-state index in [0.29, 0.717) is 26.1 Å². The molecular formula is C55H108O5. The minimum Gasteiger partial charge on any atom is -0.462 e. The van der Waals surface area contributed by atoms with Crippen LogP contribution in [0.15, 0.2) is 0 Å². The van der Waals surface area contributed by atoms with Crippen molar-refractivity contribution in [2.45, 2.75) is 322 Å². The molecule has 358 valence electrons. The first-order valence-corrected chi connectivity index (χ1v) is 27.6. The molecule has 0 N–H and O–H groups in total. The van der Waals surface area contributed by atoms with E-state index in [1.165, 1.54) is 250 Å². The average Bonchev–Trinajstić information content (AvgIpc) is 3.25. The molecule has 0 saturated heterocycles. The summed E-state index contributed by atoms with van der Waals surface area (Å²) in [5, 5.41) is 0. The highest BCUT2D eigenvalue weighted by atomic mass is 16.6. The Bertz CT molecular complexity index is 830. The maximum absolute atomic E-state index is 12.8. The van der Waals surface area contributed by atoms with Crippen LogP contribution in [0.3, 0.4) is 0 Å². The minimum atomic E-state index is -0.523. The van der Waals surface area contributed by atoms with Crippen molar-refractivity contribution >= 4 is 11.9 Å². The Labute approximate surface area is 376 Å². The molecule has 0 aliphatic carbocycles. The summed E-state index contributed by atoms with van der Waals surface area (Å²) in [5.41, 5.74) is 0. The van der Waals surface area contributed by atoms with Gasteiger partial charge in [0.05, 0.1) is 6.61 Å². The summed E-state index contributed by atoms with van der Waals surface area (Å²) in [7, 11) is 0. The van der Waals surface area contributed by atoms with E-state index in [1.807, 2.05) is 0 Å². The highest BCUT2D eigenvalue weighted by Crippen LogP contribution is 2.17. The lowest BCUT2D eigenvalue weighted by molar-refractivity contribution is -0.163. The average molecular weight is 849 g/mol. The van der Waals surface area contributed by atoms with Crippen LogP contribution in [0.1, 0.15) is 316 Å². The Balaban J connectivity index is 4.18. The van der Waals surface area contributed by atoms with Gasteiger partial charge in [-0.1, -0.05) is 284 Å². The number of ether oxygens (including phenoxy) is 3. The number of unbranched alkanes of at least 4 members (excludes halogenated alkanes) is 41. The predicted octanol–water partition coefficient (Wildman–Crippen LogP) is 18.5. The second-order valence-electron chi connectivity index (χ2n) is 18.9. The van der Waals surface area contributed by atoms with E-state index < -0.39 is 6.10 Å². The molecule has 0 aromatic heterocycles. The van der Waals surface area contributed by atoms with Crippen LogP contribution in [0.5, 0.6) is 0 Å². The summed E-state index contributed by atoms with van der Waals surface area (Å²) in [5.74, 6) is -0.368. The molecule has 0 radical (unpaired) electrons. The fourth-order valence-corrected chi connectivity index (χ4v) is 8.51. The van der Waals surface area contributed by atoms with Crippen molar-refractivity contribution in [3.8, 4) is 0 Å². The molecule has 0 fully saturated rings. The minimum absolute atomic E-state index is 0.0980. The Morgan fingerprint density at radius 1 is 0.300 bits per heavy atom. The van der Waals surface area contributed by atoms with Gasteiger partial charge in [-0.3, -0.25) is 9.59 Å². The first kappa shape index (κ1) is 58.9. The topological polar surface area (TPSA) is 61.8 Å². The molecule has 0 rings (SSSR count). The Kier molecular flexibility index (Phi) is 51.3. The van der Waals surface area contributed by atoms with Crippen LogP contribution in [0.25, 0.3) is 0 Å². The number of hydrogen-bond donors (Lipinski definition) is 0. The van der Waals surface area contributed by atoms with Gasteiger partial charge in [0.15, 0.2) is 6.10 Å². The van der Waals surface area contributed by atoms with Crippen LogP contribution in [-0.4, -0.2) is 37.9 Å². The van der Waals surface area contributed by atoms with E-state index >= 15 is 0 Å². The van der Waals surface area contributed by atoms with Crippen molar-refractivity contribution in [3.05, 3.63) is 0 Å². The lowest BCUT2D eigenvalue weighted by Gasteiger charge is -2.18. The largest absolute Gasteiger partial charge is 0.462 e. The smallest absolute Gasteiger partial charge is 0.306 e. The molecule has 0 spiro atoms.